The Balaban J connectivity index is 2.03. The Kier molecular flexibility index (Phi) is 5.94. The number of nitro benzene ring substituents is 1. The Bertz CT molecular complexity index is 662. The second-order valence-electron chi connectivity index (χ2n) is 7.71. The predicted molar refractivity (Wildman–Crippen MR) is 102 cm³/mol. The minimum absolute atomic E-state index is 0.0739. The number of piperidine rings is 1. The number of hydrogen-bond donors (Lipinski definition) is 1. The van der Waals surface area contributed by atoms with Crippen molar-refractivity contribution in [1.82, 2.24) is 4.90 Å². The van der Waals surface area contributed by atoms with Crippen LogP contribution >= 0.6 is 0 Å². The summed E-state index contributed by atoms with van der Waals surface area (Å²) in [4.78, 5) is 26.7. The van der Waals surface area contributed by atoms with Crippen LogP contribution in [0.2, 0.25) is 0 Å². The molecule has 8 heteroatoms. The number of carbonyl (C=O) groups excluding carboxylic acids is 1. The number of ether oxygens (including phenoxy) is 1. The van der Waals surface area contributed by atoms with Gasteiger partial charge >= 0.3 is 11.8 Å². The molecule has 1 aliphatic heterocycles. The van der Waals surface area contributed by atoms with Crippen molar-refractivity contribution in [2.24, 2.45) is 0 Å². The zero-order chi connectivity index (χ0) is 19.5. The molecular weight excluding hydrogens is 336 g/mol. The van der Waals surface area contributed by atoms with E-state index in [2.05, 4.69) is 5.32 Å². The third kappa shape index (κ3) is 5.00. The van der Waals surface area contributed by atoms with Crippen LogP contribution in [0, 0.1) is 10.1 Å². The minimum atomic E-state index is -0.514. The van der Waals surface area contributed by atoms with E-state index in [1.165, 1.54) is 0 Å². The maximum Gasteiger partial charge on any atom is 0.410 e. The normalized spacial score (nSPS) is 15.5. The lowest BCUT2D eigenvalue weighted by molar-refractivity contribution is -0.383. The number of nitrogens with one attached hydrogen (secondary N) is 1. The van der Waals surface area contributed by atoms with Gasteiger partial charge in [-0.2, -0.15) is 0 Å². The van der Waals surface area contributed by atoms with Crippen LogP contribution < -0.4 is 10.2 Å². The molecule has 1 fully saturated rings. The Morgan fingerprint density at radius 3 is 2.42 bits per heavy atom. The van der Waals surface area contributed by atoms with Crippen LogP contribution in [0.1, 0.15) is 33.6 Å². The fourth-order valence-corrected chi connectivity index (χ4v) is 2.95. The summed E-state index contributed by atoms with van der Waals surface area (Å²) in [6.07, 6.45) is 1.11. The number of likely N-dealkylation sites (tertiary alicyclic amines) is 1. The first kappa shape index (κ1) is 19.8. The summed E-state index contributed by atoms with van der Waals surface area (Å²) in [6.45, 7) is 6.66. The van der Waals surface area contributed by atoms with E-state index in [1.54, 1.807) is 42.1 Å². The van der Waals surface area contributed by atoms with Crippen molar-refractivity contribution in [2.45, 2.75) is 45.3 Å². The molecule has 0 saturated carbocycles. The van der Waals surface area contributed by atoms with Gasteiger partial charge in [0.05, 0.1) is 4.92 Å². The SMILES string of the molecule is CN(C)c1cccc(NC2CCN(C(=O)OC(C)(C)C)CC2)c1[N+](=O)[O-]. The van der Waals surface area contributed by atoms with Crippen LogP contribution in [0.25, 0.3) is 0 Å². The van der Waals surface area contributed by atoms with Crippen molar-refractivity contribution in [1.29, 1.82) is 0 Å². The summed E-state index contributed by atoms with van der Waals surface area (Å²) in [5, 5.41) is 14.8. The number of carbonyl (C=O) groups is 1. The molecule has 0 radical (unpaired) electrons. The number of anilines is 2. The van der Waals surface area contributed by atoms with Crippen LogP contribution in [0.15, 0.2) is 18.2 Å². The van der Waals surface area contributed by atoms with Crippen LogP contribution in [0.4, 0.5) is 21.9 Å². The maximum atomic E-state index is 12.1. The summed E-state index contributed by atoms with van der Waals surface area (Å²) in [7, 11) is 3.57. The monoisotopic (exact) mass is 364 g/mol. The average Bonchev–Trinajstić information content (AvgIpc) is 2.53. The second kappa shape index (κ2) is 7.80. The standard InChI is InChI=1S/C18H28N4O4/c1-18(2,3)26-17(23)21-11-9-13(10-12-21)19-14-7-6-8-15(20(4)5)16(14)22(24)25/h6-8,13,19H,9-12H2,1-5H3. The van der Waals surface area contributed by atoms with Crippen LogP contribution in [0.5, 0.6) is 0 Å². The van der Waals surface area contributed by atoms with Crippen LogP contribution in [-0.4, -0.2) is 54.7 Å². The van der Waals surface area contributed by atoms with Crippen molar-refractivity contribution < 1.29 is 14.5 Å². The molecule has 8 nitrogen and oxygen atoms in total. The first-order chi connectivity index (χ1) is 12.1. The van der Waals surface area contributed by atoms with E-state index in [-0.39, 0.29) is 22.7 Å². The highest BCUT2D eigenvalue weighted by Crippen LogP contribution is 2.35. The van der Waals surface area contributed by atoms with Crippen molar-refractivity contribution >= 4 is 23.2 Å². The van der Waals surface area contributed by atoms with Crippen molar-refractivity contribution in [2.75, 3.05) is 37.4 Å². The van der Waals surface area contributed by atoms with E-state index in [9.17, 15) is 14.9 Å². The van der Waals surface area contributed by atoms with Gasteiger partial charge in [-0.25, -0.2) is 4.79 Å². The molecule has 1 amide bonds. The molecule has 1 aromatic carbocycles. The highest BCUT2D eigenvalue weighted by atomic mass is 16.6. The van der Waals surface area contributed by atoms with Gasteiger partial charge in [-0.05, 0) is 45.7 Å². The molecule has 1 heterocycles. The third-order valence-electron chi connectivity index (χ3n) is 4.19. The topological polar surface area (TPSA) is 88.0 Å². The van der Waals surface area contributed by atoms with Crippen molar-refractivity contribution in [3.63, 3.8) is 0 Å². The molecule has 26 heavy (non-hydrogen) atoms. The number of nitrogens with zero attached hydrogens (tertiary/aromatic N) is 3. The molecule has 0 unspecified atom stereocenters. The maximum absolute atomic E-state index is 12.1. The molecule has 0 bridgehead atoms. The fourth-order valence-electron chi connectivity index (χ4n) is 2.95. The fraction of sp³-hybridized carbons (Fsp3) is 0.611. The molecular formula is C18H28N4O4. The minimum Gasteiger partial charge on any atom is -0.444 e. The average molecular weight is 364 g/mol. The van der Waals surface area contributed by atoms with Crippen molar-refractivity contribution in [3.05, 3.63) is 28.3 Å². The van der Waals surface area contributed by atoms with Crippen molar-refractivity contribution in [3.8, 4) is 0 Å². The van der Waals surface area contributed by atoms with Gasteiger partial charge in [0.15, 0.2) is 0 Å². The summed E-state index contributed by atoms with van der Waals surface area (Å²) in [5.74, 6) is 0. The summed E-state index contributed by atoms with van der Waals surface area (Å²) >= 11 is 0. The number of para-hydroxylation sites is 1. The van der Waals surface area contributed by atoms with E-state index in [1.807, 2.05) is 20.8 Å². The molecule has 2 rings (SSSR count). The molecule has 1 aromatic rings. The Labute approximate surface area is 154 Å². The van der Waals surface area contributed by atoms with E-state index >= 15 is 0 Å². The molecule has 1 N–H and O–H groups in total. The summed E-state index contributed by atoms with van der Waals surface area (Å²) < 4.78 is 5.40. The highest BCUT2D eigenvalue weighted by molar-refractivity contribution is 5.77. The number of amides is 1. The highest BCUT2D eigenvalue weighted by Gasteiger charge is 2.28. The first-order valence-electron chi connectivity index (χ1n) is 8.77. The largest absolute Gasteiger partial charge is 0.444 e. The Hall–Kier alpha value is -2.51. The molecule has 0 spiro atoms. The first-order valence-corrected chi connectivity index (χ1v) is 8.77. The van der Waals surface area contributed by atoms with Gasteiger partial charge in [0, 0.05) is 33.2 Å². The smallest absolute Gasteiger partial charge is 0.410 e. The lowest BCUT2D eigenvalue weighted by atomic mass is 10.0. The van der Waals surface area contributed by atoms with Gasteiger partial charge in [0.2, 0.25) is 0 Å². The van der Waals surface area contributed by atoms with Gasteiger partial charge < -0.3 is 19.9 Å². The predicted octanol–water partition coefficient (Wildman–Crippen LogP) is 3.47. The molecule has 144 valence electrons. The molecule has 0 aliphatic carbocycles. The molecule has 1 aliphatic rings. The Morgan fingerprint density at radius 1 is 1.31 bits per heavy atom. The molecule has 0 aromatic heterocycles. The van der Waals surface area contributed by atoms with Gasteiger partial charge in [-0.15, -0.1) is 0 Å². The summed E-state index contributed by atoms with van der Waals surface area (Å²) in [5.41, 5.74) is 0.634. The lowest BCUT2D eigenvalue weighted by Crippen LogP contribution is -2.44. The Morgan fingerprint density at radius 2 is 1.92 bits per heavy atom. The quantitative estimate of drug-likeness (QED) is 0.650. The van der Waals surface area contributed by atoms with Gasteiger partial charge in [0.1, 0.15) is 17.0 Å². The van der Waals surface area contributed by atoms with E-state index in [0.29, 0.717) is 37.3 Å². The van der Waals surface area contributed by atoms with Crippen LogP contribution in [-0.2, 0) is 4.74 Å². The van der Waals surface area contributed by atoms with E-state index in [0.717, 1.165) is 0 Å². The molecule has 0 atom stereocenters. The number of nitro groups is 1. The van der Waals surface area contributed by atoms with Gasteiger partial charge in [0.25, 0.3) is 0 Å². The lowest BCUT2D eigenvalue weighted by Gasteiger charge is -2.34. The zero-order valence-electron chi connectivity index (χ0n) is 16.1. The number of rotatable bonds is 4. The zero-order valence-corrected chi connectivity index (χ0v) is 16.1. The number of hydrogen-bond acceptors (Lipinski definition) is 6. The van der Waals surface area contributed by atoms with E-state index < -0.39 is 5.60 Å². The van der Waals surface area contributed by atoms with Gasteiger partial charge in [-0.1, -0.05) is 6.07 Å². The molecule has 1 saturated heterocycles. The van der Waals surface area contributed by atoms with E-state index in [4.69, 9.17) is 4.74 Å². The second-order valence-corrected chi connectivity index (χ2v) is 7.71. The summed E-state index contributed by atoms with van der Waals surface area (Å²) in [6, 6.07) is 5.34. The third-order valence-corrected chi connectivity index (χ3v) is 4.19. The number of benzene rings is 1. The van der Waals surface area contributed by atoms with Gasteiger partial charge in [-0.3, -0.25) is 10.1 Å². The van der Waals surface area contributed by atoms with Crippen LogP contribution in [0.3, 0.4) is 0 Å².